The Morgan fingerprint density at radius 1 is 1.22 bits per heavy atom. The molecular weight excluding hydrogens is 141 g/mol. The molecular formula is C6H8KNO. The minimum absolute atomic E-state index is 0. The van der Waals surface area contributed by atoms with Crippen LogP contribution in [0.5, 0.6) is 5.75 Å². The third kappa shape index (κ3) is 2.69. The summed E-state index contributed by atoms with van der Waals surface area (Å²) >= 11 is 0. The molecule has 1 aromatic carbocycles. The summed E-state index contributed by atoms with van der Waals surface area (Å²) in [5.41, 5.74) is 5.69. The molecule has 0 atom stereocenters. The molecule has 3 N–H and O–H groups in total. The summed E-state index contributed by atoms with van der Waals surface area (Å²) in [5.74, 6) is 0.146. The van der Waals surface area contributed by atoms with Gasteiger partial charge in [0, 0.05) is 0 Å². The van der Waals surface area contributed by atoms with E-state index < -0.39 is 0 Å². The second-order valence-corrected chi connectivity index (χ2v) is 1.56. The van der Waals surface area contributed by atoms with Gasteiger partial charge >= 0.3 is 51.4 Å². The summed E-state index contributed by atoms with van der Waals surface area (Å²) in [6.45, 7) is 0. The van der Waals surface area contributed by atoms with E-state index in [0.717, 1.165) is 0 Å². The first-order chi connectivity index (χ1) is 3.80. The second kappa shape index (κ2) is 4.30. The van der Waals surface area contributed by atoms with Crippen LogP contribution in [0.25, 0.3) is 0 Å². The molecule has 1 aromatic rings. The molecule has 0 saturated heterocycles. The molecule has 0 aliphatic carbocycles. The molecule has 0 aliphatic rings. The molecule has 0 spiro atoms. The van der Waals surface area contributed by atoms with Gasteiger partial charge in [0.1, 0.15) is 5.75 Å². The molecule has 2 nitrogen and oxygen atoms in total. The summed E-state index contributed by atoms with van der Waals surface area (Å²) < 4.78 is 0. The summed E-state index contributed by atoms with van der Waals surface area (Å²) in [5, 5.41) is 8.79. The van der Waals surface area contributed by atoms with E-state index in [1.165, 1.54) is 0 Å². The Labute approximate surface area is 96.5 Å². The number of anilines is 1. The van der Waals surface area contributed by atoms with Crippen molar-refractivity contribution in [3.05, 3.63) is 24.3 Å². The van der Waals surface area contributed by atoms with Gasteiger partial charge in [0.05, 0.1) is 5.69 Å². The Morgan fingerprint density at radius 2 is 1.78 bits per heavy atom. The van der Waals surface area contributed by atoms with E-state index in [1.54, 1.807) is 24.3 Å². The normalized spacial score (nSPS) is 8.00. The van der Waals surface area contributed by atoms with Gasteiger partial charge in [0.2, 0.25) is 0 Å². The van der Waals surface area contributed by atoms with Gasteiger partial charge in [0.15, 0.2) is 0 Å². The van der Waals surface area contributed by atoms with Crippen molar-refractivity contribution in [1.82, 2.24) is 0 Å². The van der Waals surface area contributed by atoms with Crippen molar-refractivity contribution in [3.63, 3.8) is 0 Å². The molecule has 0 amide bonds. The van der Waals surface area contributed by atoms with Crippen LogP contribution in [-0.4, -0.2) is 56.5 Å². The number of benzene rings is 1. The van der Waals surface area contributed by atoms with Crippen molar-refractivity contribution in [2.45, 2.75) is 0 Å². The van der Waals surface area contributed by atoms with Gasteiger partial charge in [-0.1, -0.05) is 12.1 Å². The first-order valence-corrected chi connectivity index (χ1v) is 2.34. The number of aromatic hydroxyl groups is 1. The molecule has 0 saturated carbocycles. The van der Waals surface area contributed by atoms with Crippen LogP contribution in [0.15, 0.2) is 24.3 Å². The fraction of sp³-hybridized carbons (Fsp3) is 0. The van der Waals surface area contributed by atoms with E-state index >= 15 is 0 Å². The molecule has 0 aromatic heterocycles. The van der Waals surface area contributed by atoms with Gasteiger partial charge in [-0.2, -0.15) is 0 Å². The summed E-state index contributed by atoms with van der Waals surface area (Å²) in [4.78, 5) is 0. The van der Waals surface area contributed by atoms with Crippen LogP contribution in [0.4, 0.5) is 5.69 Å². The van der Waals surface area contributed by atoms with Crippen molar-refractivity contribution in [3.8, 4) is 5.75 Å². The molecule has 0 heterocycles. The predicted octanol–water partition coefficient (Wildman–Crippen LogP) is 0.326. The van der Waals surface area contributed by atoms with Crippen LogP contribution in [-0.2, 0) is 0 Å². The van der Waals surface area contributed by atoms with E-state index in [9.17, 15) is 0 Å². The average molecular weight is 149 g/mol. The summed E-state index contributed by atoms with van der Waals surface area (Å²) in [7, 11) is 0. The zero-order valence-electron chi connectivity index (χ0n) is 4.33. The summed E-state index contributed by atoms with van der Waals surface area (Å²) in [6, 6.07) is 6.70. The van der Waals surface area contributed by atoms with Crippen molar-refractivity contribution in [2.75, 3.05) is 5.73 Å². The number of nitrogens with two attached hydrogens (primary N) is 1. The Balaban J connectivity index is 0.000000640. The van der Waals surface area contributed by atoms with E-state index in [4.69, 9.17) is 10.8 Å². The number of phenols is 1. The molecule has 3 heteroatoms. The second-order valence-electron chi connectivity index (χ2n) is 1.56. The number of rotatable bonds is 0. The zero-order chi connectivity index (χ0) is 5.98. The van der Waals surface area contributed by atoms with Gasteiger partial charge in [-0.25, -0.2) is 0 Å². The third-order valence-electron chi connectivity index (χ3n) is 0.937. The molecule has 0 unspecified atom stereocenters. The Hall–Kier alpha value is 0.456. The van der Waals surface area contributed by atoms with E-state index in [0.29, 0.717) is 5.69 Å². The Kier molecular flexibility index (Phi) is 4.52. The molecule has 0 fully saturated rings. The quantitative estimate of drug-likeness (QED) is 0.317. The first kappa shape index (κ1) is 9.46. The van der Waals surface area contributed by atoms with Crippen molar-refractivity contribution < 1.29 is 5.11 Å². The fourth-order valence-corrected chi connectivity index (χ4v) is 0.488. The summed E-state index contributed by atoms with van der Waals surface area (Å²) in [6.07, 6.45) is 0. The van der Waals surface area contributed by atoms with Crippen LogP contribution in [0.3, 0.4) is 0 Å². The number of hydrogen-bond donors (Lipinski definition) is 2. The topological polar surface area (TPSA) is 46.2 Å². The number of nitrogen functional groups attached to an aromatic ring is 1. The fourth-order valence-electron chi connectivity index (χ4n) is 0.488. The van der Waals surface area contributed by atoms with Crippen LogP contribution < -0.4 is 5.73 Å². The zero-order valence-corrected chi connectivity index (χ0v) is 4.33. The molecule has 1 rings (SSSR count). The molecule has 0 bridgehead atoms. The molecule has 9 heavy (non-hydrogen) atoms. The van der Waals surface area contributed by atoms with E-state index in [-0.39, 0.29) is 57.1 Å². The number of phenolic OH excluding ortho intramolecular Hbond substituents is 1. The van der Waals surface area contributed by atoms with E-state index in [1.807, 2.05) is 0 Å². The third-order valence-corrected chi connectivity index (χ3v) is 0.937. The Morgan fingerprint density at radius 3 is 2.11 bits per heavy atom. The van der Waals surface area contributed by atoms with Crippen LogP contribution in [0.1, 0.15) is 0 Å². The predicted molar refractivity (Wildman–Crippen MR) is 39.7 cm³/mol. The van der Waals surface area contributed by atoms with Gasteiger partial charge in [0.25, 0.3) is 0 Å². The van der Waals surface area contributed by atoms with Crippen LogP contribution in [0.2, 0.25) is 0 Å². The molecule has 44 valence electrons. The van der Waals surface area contributed by atoms with Gasteiger partial charge < -0.3 is 10.8 Å². The SMILES string of the molecule is Nc1ccccc1O.[KH]. The number of para-hydroxylation sites is 2. The first-order valence-electron chi connectivity index (χ1n) is 2.34. The minimum atomic E-state index is 0. The van der Waals surface area contributed by atoms with Crippen molar-refractivity contribution in [1.29, 1.82) is 0 Å². The van der Waals surface area contributed by atoms with Gasteiger partial charge in [-0.05, 0) is 12.1 Å². The van der Waals surface area contributed by atoms with Gasteiger partial charge in [-0.3, -0.25) is 0 Å². The van der Waals surface area contributed by atoms with Crippen LogP contribution in [0, 0.1) is 0 Å². The maximum atomic E-state index is 8.79. The van der Waals surface area contributed by atoms with Gasteiger partial charge in [-0.15, -0.1) is 0 Å². The monoisotopic (exact) mass is 149 g/mol. The van der Waals surface area contributed by atoms with Crippen molar-refractivity contribution >= 4 is 57.1 Å². The standard InChI is InChI=1S/C6H7NO.K.H/c7-5-3-1-2-4-6(5)8;;/h1-4,8H,7H2;;. The van der Waals surface area contributed by atoms with Crippen molar-refractivity contribution in [2.24, 2.45) is 0 Å². The average Bonchev–Trinajstić information content (AvgIpc) is 1.77. The van der Waals surface area contributed by atoms with Crippen LogP contribution >= 0.6 is 0 Å². The molecule has 0 radical (unpaired) electrons. The Bertz CT molecular complexity index is 169. The van der Waals surface area contributed by atoms with E-state index in [2.05, 4.69) is 0 Å². The maximum absolute atomic E-state index is 8.79. The molecule has 0 aliphatic heterocycles. The number of hydrogen-bond acceptors (Lipinski definition) is 2.